The van der Waals surface area contributed by atoms with E-state index in [4.69, 9.17) is 5.14 Å². The highest BCUT2D eigenvalue weighted by Crippen LogP contribution is 2.28. The number of nitrogens with zero attached hydrogens (tertiary/aromatic N) is 1. The topological polar surface area (TPSA) is 75.4 Å². The van der Waals surface area contributed by atoms with Gasteiger partial charge in [-0.1, -0.05) is 0 Å². The SMILES string of the molecule is CC1CC(Nc2ccc(S(N)(=O)=O)cc2Br)CCN1C. The van der Waals surface area contributed by atoms with Crippen molar-refractivity contribution in [1.82, 2.24) is 4.90 Å². The molecule has 0 spiro atoms. The third-order valence-electron chi connectivity index (χ3n) is 3.84. The monoisotopic (exact) mass is 361 g/mol. The summed E-state index contributed by atoms with van der Waals surface area (Å²) in [6.45, 7) is 3.28. The fourth-order valence-electron chi connectivity index (χ4n) is 2.43. The van der Waals surface area contributed by atoms with E-state index in [0.717, 1.165) is 29.5 Å². The van der Waals surface area contributed by atoms with Crippen LogP contribution in [-0.2, 0) is 10.0 Å². The number of hydrogen-bond donors (Lipinski definition) is 2. The van der Waals surface area contributed by atoms with Crippen molar-refractivity contribution in [2.75, 3.05) is 18.9 Å². The lowest BCUT2D eigenvalue weighted by Gasteiger charge is -2.36. The zero-order chi connectivity index (χ0) is 14.9. The van der Waals surface area contributed by atoms with Crippen molar-refractivity contribution < 1.29 is 8.42 Å². The fraction of sp³-hybridized carbons (Fsp3) is 0.538. The zero-order valence-corrected chi connectivity index (χ0v) is 14.0. The van der Waals surface area contributed by atoms with Gasteiger partial charge in [-0.15, -0.1) is 0 Å². The van der Waals surface area contributed by atoms with Crippen LogP contribution in [0.5, 0.6) is 0 Å². The highest BCUT2D eigenvalue weighted by Gasteiger charge is 2.23. The number of hydrogen-bond acceptors (Lipinski definition) is 4. The predicted octanol–water partition coefficient (Wildman–Crippen LogP) is 1.99. The summed E-state index contributed by atoms with van der Waals surface area (Å²) in [5.74, 6) is 0. The van der Waals surface area contributed by atoms with Gasteiger partial charge in [0.15, 0.2) is 0 Å². The molecule has 0 radical (unpaired) electrons. The van der Waals surface area contributed by atoms with E-state index in [0.29, 0.717) is 12.1 Å². The molecule has 1 aliphatic rings. The van der Waals surface area contributed by atoms with E-state index in [-0.39, 0.29) is 4.90 Å². The molecule has 1 saturated heterocycles. The minimum Gasteiger partial charge on any atom is -0.381 e. The zero-order valence-electron chi connectivity index (χ0n) is 11.6. The third kappa shape index (κ3) is 3.72. The van der Waals surface area contributed by atoms with Gasteiger partial charge in [-0.05, 0) is 60.9 Å². The number of nitrogens with two attached hydrogens (primary N) is 1. The van der Waals surface area contributed by atoms with Crippen LogP contribution in [0.1, 0.15) is 19.8 Å². The lowest BCUT2D eigenvalue weighted by molar-refractivity contribution is 0.190. The molecule has 2 rings (SSSR count). The van der Waals surface area contributed by atoms with Gasteiger partial charge in [0.2, 0.25) is 10.0 Å². The molecular formula is C13H20BrN3O2S. The normalized spacial score (nSPS) is 24.6. The Labute approximate surface area is 128 Å². The number of anilines is 1. The maximum atomic E-state index is 11.3. The number of halogens is 1. The van der Waals surface area contributed by atoms with Gasteiger partial charge in [0.1, 0.15) is 0 Å². The van der Waals surface area contributed by atoms with Crippen LogP contribution in [-0.4, -0.2) is 39.0 Å². The Morgan fingerprint density at radius 3 is 2.70 bits per heavy atom. The molecule has 1 aromatic carbocycles. The van der Waals surface area contributed by atoms with Crippen molar-refractivity contribution >= 4 is 31.6 Å². The molecule has 1 aliphatic heterocycles. The molecule has 1 aromatic rings. The molecule has 5 nitrogen and oxygen atoms in total. The molecule has 2 atom stereocenters. The molecule has 0 amide bonds. The van der Waals surface area contributed by atoms with E-state index in [9.17, 15) is 8.42 Å². The number of sulfonamides is 1. The summed E-state index contributed by atoms with van der Waals surface area (Å²) < 4.78 is 23.3. The van der Waals surface area contributed by atoms with Crippen LogP contribution in [0.4, 0.5) is 5.69 Å². The summed E-state index contributed by atoms with van der Waals surface area (Å²) in [5, 5.41) is 8.59. The minimum absolute atomic E-state index is 0.117. The number of nitrogens with one attached hydrogen (secondary N) is 1. The van der Waals surface area contributed by atoms with E-state index in [2.05, 4.69) is 40.1 Å². The summed E-state index contributed by atoms with van der Waals surface area (Å²) in [6.07, 6.45) is 2.14. The Bertz CT molecular complexity index is 591. The maximum Gasteiger partial charge on any atom is 0.238 e. The first kappa shape index (κ1) is 15.8. The van der Waals surface area contributed by atoms with E-state index in [1.807, 2.05) is 0 Å². The standard InChI is InChI=1S/C13H20BrN3O2S/c1-9-7-10(5-6-17(9)2)16-13-4-3-11(8-12(13)14)20(15,18)19/h3-4,8-10,16H,5-7H2,1-2H3,(H2,15,18,19). The Morgan fingerprint density at radius 1 is 1.45 bits per heavy atom. The summed E-state index contributed by atoms with van der Waals surface area (Å²) in [6, 6.07) is 5.77. The number of benzene rings is 1. The van der Waals surface area contributed by atoms with Gasteiger partial charge in [-0.2, -0.15) is 0 Å². The summed E-state index contributed by atoms with van der Waals surface area (Å²) in [7, 11) is -1.52. The molecule has 0 saturated carbocycles. The van der Waals surface area contributed by atoms with Gasteiger partial charge in [0, 0.05) is 28.8 Å². The Kier molecular flexibility index (Phi) is 4.73. The van der Waals surface area contributed by atoms with Crippen molar-refractivity contribution in [1.29, 1.82) is 0 Å². The van der Waals surface area contributed by atoms with E-state index < -0.39 is 10.0 Å². The van der Waals surface area contributed by atoms with Crippen LogP contribution < -0.4 is 10.5 Å². The number of piperidine rings is 1. The van der Waals surface area contributed by atoms with Crippen molar-refractivity contribution in [2.45, 2.75) is 36.7 Å². The molecule has 0 aromatic heterocycles. The highest BCUT2D eigenvalue weighted by atomic mass is 79.9. The van der Waals surface area contributed by atoms with Crippen molar-refractivity contribution in [2.24, 2.45) is 5.14 Å². The second-order valence-electron chi connectivity index (χ2n) is 5.38. The summed E-state index contributed by atoms with van der Waals surface area (Å²) in [5.41, 5.74) is 0.902. The Hall–Kier alpha value is -0.630. The predicted molar refractivity (Wildman–Crippen MR) is 84.3 cm³/mol. The van der Waals surface area contributed by atoms with Crippen molar-refractivity contribution in [3.63, 3.8) is 0 Å². The molecule has 0 aliphatic carbocycles. The lowest BCUT2D eigenvalue weighted by atomic mass is 9.99. The Morgan fingerprint density at radius 2 is 2.15 bits per heavy atom. The molecule has 3 N–H and O–H groups in total. The second kappa shape index (κ2) is 6.01. The highest BCUT2D eigenvalue weighted by molar-refractivity contribution is 9.10. The first-order chi connectivity index (χ1) is 9.27. The molecule has 2 unspecified atom stereocenters. The number of primary sulfonamides is 1. The molecule has 1 fully saturated rings. The molecule has 20 heavy (non-hydrogen) atoms. The summed E-state index contributed by atoms with van der Waals surface area (Å²) >= 11 is 3.40. The molecule has 0 bridgehead atoms. The van der Waals surface area contributed by atoms with Crippen LogP contribution in [0, 0.1) is 0 Å². The van der Waals surface area contributed by atoms with Crippen molar-refractivity contribution in [3.8, 4) is 0 Å². The number of likely N-dealkylation sites (tertiary alicyclic amines) is 1. The fourth-order valence-corrected chi connectivity index (χ4v) is 3.61. The van der Waals surface area contributed by atoms with Crippen LogP contribution in [0.2, 0.25) is 0 Å². The Balaban J connectivity index is 2.11. The van der Waals surface area contributed by atoms with Gasteiger partial charge in [-0.3, -0.25) is 0 Å². The average molecular weight is 362 g/mol. The molecule has 1 heterocycles. The van der Waals surface area contributed by atoms with E-state index in [1.165, 1.54) is 12.1 Å². The summed E-state index contributed by atoms with van der Waals surface area (Å²) in [4.78, 5) is 2.46. The van der Waals surface area contributed by atoms with Crippen molar-refractivity contribution in [3.05, 3.63) is 22.7 Å². The van der Waals surface area contributed by atoms with E-state index >= 15 is 0 Å². The smallest absolute Gasteiger partial charge is 0.238 e. The lowest BCUT2D eigenvalue weighted by Crippen LogP contribution is -2.42. The molecule has 7 heteroatoms. The molecular weight excluding hydrogens is 342 g/mol. The first-order valence-electron chi connectivity index (χ1n) is 6.56. The van der Waals surface area contributed by atoms with Crippen LogP contribution in [0.25, 0.3) is 0 Å². The van der Waals surface area contributed by atoms with Gasteiger partial charge < -0.3 is 10.2 Å². The second-order valence-corrected chi connectivity index (χ2v) is 7.80. The van der Waals surface area contributed by atoms with Gasteiger partial charge >= 0.3 is 0 Å². The van der Waals surface area contributed by atoms with Gasteiger partial charge in [-0.25, -0.2) is 13.6 Å². The maximum absolute atomic E-state index is 11.3. The first-order valence-corrected chi connectivity index (χ1v) is 8.90. The number of rotatable bonds is 3. The molecule has 112 valence electrons. The minimum atomic E-state index is -3.66. The van der Waals surface area contributed by atoms with E-state index in [1.54, 1.807) is 6.07 Å². The average Bonchev–Trinajstić information content (AvgIpc) is 2.35. The quantitative estimate of drug-likeness (QED) is 0.862. The third-order valence-corrected chi connectivity index (χ3v) is 5.40. The largest absolute Gasteiger partial charge is 0.381 e. The van der Waals surface area contributed by atoms with Gasteiger partial charge in [0.05, 0.1) is 4.90 Å². The van der Waals surface area contributed by atoms with Crippen LogP contribution >= 0.6 is 15.9 Å². The van der Waals surface area contributed by atoms with Crippen LogP contribution in [0.15, 0.2) is 27.6 Å². The van der Waals surface area contributed by atoms with Crippen LogP contribution in [0.3, 0.4) is 0 Å². The van der Waals surface area contributed by atoms with Gasteiger partial charge in [0.25, 0.3) is 0 Å².